The summed E-state index contributed by atoms with van der Waals surface area (Å²) in [5.41, 5.74) is 1.16. The van der Waals surface area contributed by atoms with Crippen molar-refractivity contribution < 1.29 is 18.1 Å². The fraction of sp³-hybridized carbons (Fsp3) is 0.350. The first kappa shape index (κ1) is 23.1. The first-order chi connectivity index (χ1) is 14.1. The molecule has 2 rings (SSSR count). The van der Waals surface area contributed by atoms with Crippen LogP contribution in [-0.4, -0.2) is 52.2 Å². The maximum atomic E-state index is 12.4. The van der Waals surface area contributed by atoms with E-state index in [1.54, 1.807) is 0 Å². The lowest BCUT2D eigenvalue weighted by atomic mass is 10.1. The molecule has 162 valence electrons. The molecule has 0 heterocycles. The van der Waals surface area contributed by atoms with E-state index in [2.05, 4.69) is 10.2 Å². The number of hydrogen-bond donors (Lipinski definition) is 1. The van der Waals surface area contributed by atoms with E-state index in [1.165, 1.54) is 25.1 Å². The Morgan fingerprint density at radius 1 is 1.13 bits per heavy atom. The highest BCUT2D eigenvalue weighted by atomic mass is 32.2. The third-order valence-electron chi connectivity index (χ3n) is 4.62. The third-order valence-corrected chi connectivity index (χ3v) is 5.75. The SMILES string of the molecule is Cc1c(N(CC(=O)NCCCN(C)c2ccccc2)S(C)(=O)=O)cccc1[N+](=O)[O-]. The van der Waals surface area contributed by atoms with Gasteiger partial charge in [-0.2, -0.15) is 0 Å². The third kappa shape index (κ3) is 6.18. The highest BCUT2D eigenvalue weighted by Gasteiger charge is 2.25. The van der Waals surface area contributed by atoms with Crippen LogP contribution in [0.5, 0.6) is 0 Å². The zero-order chi connectivity index (χ0) is 22.3. The number of carbonyl (C=O) groups is 1. The van der Waals surface area contributed by atoms with Crippen molar-refractivity contribution in [3.63, 3.8) is 0 Å². The Morgan fingerprint density at radius 3 is 2.40 bits per heavy atom. The van der Waals surface area contributed by atoms with Crippen molar-refractivity contribution in [1.82, 2.24) is 5.32 Å². The molecule has 1 N–H and O–H groups in total. The molecule has 0 aliphatic carbocycles. The molecule has 1 amide bonds. The van der Waals surface area contributed by atoms with Crippen LogP contribution in [0.3, 0.4) is 0 Å². The molecule has 2 aromatic rings. The van der Waals surface area contributed by atoms with Crippen molar-refractivity contribution in [2.75, 3.05) is 42.1 Å². The molecular weight excluding hydrogens is 408 g/mol. The zero-order valence-corrected chi connectivity index (χ0v) is 18.1. The molecule has 30 heavy (non-hydrogen) atoms. The van der Waals surface area contributed by atoms with Crippen molar-refractivity contribution in [2.24, 2.45) is 0 Å². The van der Waals surface area contributed by atoms with Gasteiger partial charge < -0.3 is 10.2 Å². The molecule has 0 radical (unpaired) electrons. The molecule has 0 saturated heterocycles. The molecule has 10 heteroatoms. The Morgan fingerprint density at radius 2 is 1.80 bits per heavy atom. The molecular formula is C20H26N4O5S. The van der Waals surface area contributed by atoms with E-state index in [4.69, 9.17) is 0 Å². The Bertz CT molecular complexity index is 996. The van der Waals surface area contributed by atoms with Gasteiger partial charge in [-0.3, -0.25) is 19.2 Å². The van der Waals surface area contributed by atoms with Gasteiger partial charge in [-0.1, -0.05) is 24.3 Å². The maximum Gasteiger partial charge on any atom is 0.274 e. The molecule has 0 aliphatic rings. The van der Waals surface area contributed by atoms with E-state index >= 15 is 0 Å². The van der Waals surface area contributed by atoms with E-state index in [0.717, 1.165) is 16.2 Å². The first-order valence-electron chi connectivity index (χ1n) is 9.36. The molecule has 0 bridgehead atoms. The Balaban J connectivity index is 1.99. The average molecular weight is 435 g/mol. The van der Waals surface area contributed by atoms with E-state index in [-0.39, 0.29) is 16.9 Å². The Labute approximate surface area is 176 Å². The molecule has 0 fully saturated rings. The van der Waals surface area contributed by atoms with Crippen LogP contribution in [0.15, 0.2) is 48.5 Å². The number of para-hydroxylation sites is 1. The molecule has 0 aliphatic heterocycles. The van der Waals surface area contributed by atoms with Crippen molar-refractivity contribution in [2.45, 2.75) is 13.3 Å². The van der Waals surface area contributed by atoms with Crippen LogP contribution in [0.1, 0.15) is 12.0 Å². The van der Waals surface area contributed by atoms with Gasteiger partial charge in [0.1, 0.15) is 6.54 Å². The minimum absolute atomic E-state index is 0.116. The minimum atomic E-state index is -3.82. The number of nitrogens with zero attached hydrogens (tertiary/aromatic N) is 3. The number of sulfonamides is 1. The molecule has 0 atom stereocenters. The van der Waals surface area contributed by atoms with Gasteiger partial charge in [0.2, 0.25) is 15.9 Å². The summed E-state index contributed by atoms with van der Waals surface area (Å²) in [6, 6.07) is 14.0. The summed E-state index contributed by atoms with van der Waals surface area (Å²) in [6.45, 7) is 2.10. The second-order valence-electron chi connectivity index (χ2n) is 6.91. The van der Waals surface area contributed by atoms with Gasteiger partial charge in [0.15, 0.2) is 0 Å². The van der Waals surface area contributed by atoms with Crippen LogP contribution in [0.25, 0.3) is 0 Å². The van der Waals surface area contributed by atoms with Gasteiger partial charge in [0, 0.05) is 31.9 Å². The van der Waals surface area contributed by atoms with Crippen molar-refractivity contribution >= 4 is 33.0 Å². The smallest absolute Gasteiger partial charge is 0.274 e. The lowest BCUT2D eigenvalue weighted by Crippen LogP contribution is -2.41. The predicted molar refractivity (Wildman–Crippen MR) is 117 cm³/mol. The second-order valence-corrected chi connectivity index (χ2v) is 8.82. The number of nitro groups is 1. The molecule has 2 aromatic carbocycles. The van der Waals surface area contributed by atoms with Crippen molar-refractivity contribution in [3.05, 3.63) is 64.2 Å². The summed E-state index contributed by atoms with van der Waals surface area (Å²) in [7, 11) is -1.86. The molecule has 0 aromatic heterocycles. The maximum absolute atomic E-state index is 12.4. The van der Waals surface area contributed by atoms with E-state index in [9.17, 15) is 23.3 Å². The highest BCUT2D eigenvalue weighted by Crippen LogP contribution is 2.29. The number of anilines is 2. The molecule has 0 saturated carbocycles. The monoisotopic (exact) mass is 434 g/mol. The van der Waals surface area contributed by atoms with Crippen molar-refractivity contribution in [1.29, 1.82) is 0 Å². The van der Waals surface area contributed by atoms with Crippen LogP contribution in [0.2, 0.25) is 0 Å². The van der Waals surface area contributed by atoms with Crippen LogP contribution >= 0.6 is 0 Å². The largest absolute Gasteiger partial charge is 0.375 e. The average Bonchev–Trinajstić information content (AvgIpc) is 2.69. The molecule has 9 nitrogen and oxygen atoms in total. The van der Waals surface area contributed by atoms with Crippen LogP contribution in [-0.2, 0) is 14.8 Å². The van der Waals surface area contributed by atoms with Gasteiger partial charge in [0.05, 0.1) is 22.4 Å². The Hall–Kier alpha value is -3.14. The van der Waals surface area contributed by atoms with Gasteiger partial charge in [0.25, 0.3) is 5.69 Å². The summed E-state index contributed by atoms with van der Waals surface area (Å²) in [5.74, 6) is -0.478. The molecule has 0 spiro atoms. The quantitative estimate of drug-likeness (QED) is 0.349. The van der Waals surface area contributed by atoms with Gasteiger partial charge in [-0.15, -0.1) is 0 Å². The summed E-state index contributed by atoms with van der Waals surface area (Å²) < 4.78 is 25.4. The number of nitrogens with one attached hydrogen (secondary N) is 1. The fourth-order valence-corrected chi connectivity index (χ4v) is 3.91. The van der Waals surface area contributed by atoms with Gasteiger partial charge in [-0.25, -0.2) is 8.42 Å². The summed E-state index contributed by atoms with van der Waals surface area (Å²) in [5, 5.41) is 13.9. The highest BCUT2D eigenvalue weighted by molar-refractivity contribution is 7.92. The zero-order valence-electron chi connectivity index (χ0n) is 17.2. The van der Waals surface area contributed by atoms with E-state index in [0.29, 0.717) is 19.5 Å². The fourth-order valence-electron chi connectivity index (χ4n) is 3.00. The number of hydrogen-bond acceptors (Lipinski definition) is 6. The number of amides is 1. The second kappa shape index (κ2) is 10.1. The summed E-state index contributed by atoms with van der Waals surface area (Å²) >= 11 is 0. The van der Waals surface area contributed by atoms with Crippen LogP contribution in [0.4, 0.5) is 17.1 Å². The number of nitro benzene ring substituents is 1. The molecule has 0 unspecified atom stereocenters. The number of benzene rings is 2. The minimum Gasteiger partial charge on any atom is -0.375 e. The predicted octanol–water partition coefficient (Wildman–Crippen LogP) is 2.31. The first-order valence-corrected chi connectivity index (χ1v) is 11.2. The summed E-state index contributed by atoms with van der Waals surface area (Å²) in [4.78, 5) is 25.0. The topological polar surface area (TPSA) is 113 Å². The lowest BCUT2D eigenvalue weighted by molar-refractivity contribution is -0.385. The standard InChI is InChI=1S/C20H26N4O5S/c1-16-18(11-7-12-19(16)24(26)27)23(30(3,28)29)15-20(25)21-13-8-14-22(2)17-9-5-4-6-10-17/h4-7,9-12H,8,13-15H2,1-3H3,(H,21,25). The van der Waals surface area contributed by atoms with Crippen molar-refractivity contribution in [3.8, 4) is 0 Å². The normalized spacial score (nSPS) is 11.0. The lowest BCUT2D eigenvalue weighted by Gasteiger charge is -2.23. The van der Waals surface area contributed by atoms with Gasteiger partial charge in [-0.05, 0) is 31.5 Å². The van der Waals surface area contributed by atoms with Crippen LogP contribution < -0.4 is 14.5 Å². The van der Waals surface area contributed by atoms with Gasteiger partial charge >= 0.3 is 0 Å². The Kier molecular flexibility index (Phi) is 7.76. The van der Waals surface area contributed by atoms with E-state index < -0.39 is 27.4 Å². The van der Waals surface area contributed by atoms with Crippen LogP contribution in [0, 0.1) is 17.0 Å². The summed E-state index contributed by atoms with van der Waals surface area (Å²) in [6.07, 6.45) is 1.64. The number of carbonyl (C=O) groups excluding carboxylic acids is 1. The van der Waals surface area contributed by atoms with E-state index in [1.807, 2.05) is 37.4 Å². The number of rotatable bonds is 10.